The highest BCUT2D eigenvalue weighted by Gasteiger charge is 2.23. The van der Waals surface area contributed by atoms with Crippen LogP contribution >= 0.6 is 0 Å². The van der Waals surface area contributed by atoms with Crippen LogP contribution in [0.4, 0.5) is 0 Å². The summed E-state index contributed by atoms with van der Waals surface area (Å²) in [4.78, 5) is 5.11. The summed E-state index contributed by atoms with van der Waals surface area (Å²) in [7, 11) is 0. The molecule has 0 saturated heterocycles. The van der Waals surface area contributed by atoms with Crippen LogP contribution in [0.5, 0.6) is 0 Å². The summed E-state index contributed by atoms with van der Waals surface area (Å²) in [6.07, 6.45) is 0. The number of benzene rings is 7. The number of rotatable bonds is 3. The molecular weight excluding hydrogens is 552 g/mol. The Morgan fingerprint density at radius 1 is 0.467 bits per heavy atom. The number of aromatic nitrogens is 2. The molecule has 0 atom stereocenters. The minimum absolute atomic E-state index is 0.832. The first-order valence-corrected chi connectivity index (χ1v) is 15.1. The lowest BCUT2D eigenvalue weighted by Gasteiger charge is -2.16. The van der Waals surface area contributed by atoms with Gasteiger partial charge >= 0.3 is 0 Å². The molecule has 0 fully saturated rings. The number of hydrogen-bond acceptors (Lipinski definition) is 3. The van der Waals surface area contributed by atoms with Gasteiger partial charge in [0.15, 0.2) is 0 Å². The molecule has 10 rings (SSSR count). The predicted molar refractivity (Wildman–Crippen MR) is 184 cm³/mol. The number of imidazole rings is 1. The van der Waals surface area contributed by atoms with E-state index in [1.54, 1.807) is 0 Å². The van der Waals surface area contributed by atoms with Crippen LogP contribution in [0.15, 0.2) is 154 Å². The zero-order valence-corrected chi connectivity index (χ0v) is 24.1. The molecule has 3 heterocycles. The van der Waals surface area contributed by atoms with E-state index in [1.807, 2.05) is 36.4 Å². The molecule has 7 aromatic carbocycles. The van der Waals surface area contributed by atoms with Crippen molar-refractivity contribution in [3.63, 3.8) is 0 Å². The largest absolute Gasteiger partial charge is 0.455 e. The van der Waals surface area contributed by atoms with Crippen LogP contribution < -0.4 is 0 Å². The number of fused-ring (bicyclic) bond motifs is 9. The normalized spacial score (nSPS) is 12.0. The monoisotopic (exact) mass is 576 g/mol. The van der Waals surface area contributed by atoms with Gasteiger partial charge in [-0.1, -0.05) is 109 Å². The lowest BCUT2D eigenvalue weighted by atomic mass is 9.94. The minimum atomic E-state index is 0.832. The average Bonchev–Trinajstić information content (AvgIpc) is 3.79. The maximum atomic E-state index is 6.65. The van der Waals surface area contributed by atoms with Gasteiger partial charge in [0.1, 0.15) is 28.2 Å². The first kappa shape index (κ1) is 24.3. The van der Waals surface area contributed by atoms with E-state index in [9.17, 15) is 0 Å². The predicted octanol–water partition coefficient (Wildman–Crippen LogP) is 11.3. The molecule has 45 heavy (non-hydrogen) atoms. The Labute approximate surface area is 257 Å². The van der Waals surface area contributed by atoms with Crippen LogP contribution in [0, 0.1) is 0 Å². The molecule has 4 heteroatoms. The quantitative estimate of drug-likeness (QED) is 0.210. The minimum Gasteiger partial charge on any atom is -0.455 e. The average molecular weight is 577 g/mol. The Morgan fingerprint density at radius 3 is 1.96 bits per heavy atom. The molecular formula is C41H24N2O2. The van der Waals surface area contributed by atoms with Crippen molar-refractivity contribution in [2.75, 3.05) is 0 Å². The third kappa shape index (κ3) is 3.45. The number of nitrogens with zero attached hydrogens (tertiary/aromatic N) is 2. The second kappa shape index (κ2) is 9.18. The maximum Gasteiger partial charge on any atom is 0.147 e. The molecule has 0 unspecified atom stereocenters. The van der Waals surface area contributed by atoms with E-state index in [1.165, 1.54) is 0 Å². The van der Waals surface area contributed by atoms with Gasteiger partial charge in [0.25, 0.3) is 0 Å². The van der Waals surface area contributed by atoms with Crippen molar-refractivity contribution in [1.82, 2.24) is 9.55 Å². The van der Waals surface area contributed by atoms with E-state index in [0.717, 1.165) is 93.9 Å². The third-order valence-electron chi connectivity index (χ3n) is 9.01. The molecule has 0 saturated carbocycles. The lowest BCUT2D eigenvalue weighted by molar-refractivity contribution is 0.663. The van der Waals surface area contributed by atoms with Gasteiger partial charge in [-0.2, -0.15) is 0 Å². The highest BCUT2D eigenvalue weighted by molar-refractivity contribution is 6.26. The molecule has 0 aliphatic rings. The third-order valence-corrected chi connectivity index (χ3v) is 9.01. The smallest absolute Gasteiger partial charge is 0.147 e. The molecule has 10 aromatic rings. The van der Waals surface area contributed by atoms with Crippen molar-refractivity contribution in [3.05, 3.63) is 146 Å². The molecule has 0 spiro atoms. The van der Waals surface area contributed by atoms with Crippen LogP contribution in [0.25, 0.3) is 93.9 Å². The van der Waals surface area contributed by atoms with Gasteiger partial charge < -0.3 is 8.83 Å². The number of hydrogen-bond donors (Lipinski definition) is 0. The Kier molecular flexibility index (Phi) is 4.96. The summed E-state index contributed by atoms with van der Waals surface area (Å²) in [5.74, 6) is 0.917. The fourth-order valence-corrected chi connectivity index (χ4v) is 7.03. The van der Waals surface area contributed by atoms with E-state index in [4.69, 9.17) is 13.8 Å². The Morgan fingerprint density at radius 2 is 1.11 bits per heavy atom. The molecule has 210 valence electrons. The summed E-state index contributed by atoms with van der Waals surface area (Å²) >= 11 is 0. The zero-order chi connectivity index (χ0) is 29.5. The van der Waals surface area contributed by atoms with Crippen molar-refractivity contribution < 1.29 is 8.83 Å². The van der Waals surface area contributed by atoms with Gasteiger partial charge in [0.2, 0.25) is 0 Å². The van der Waals surface area contributed by atoms with Crippen LogP contribution in [-0.4, -0.2) is 9.55 Å². The van der Waals surface area contributed by atoms with Gasteiger partial charge in [0, 0.05) is 32.7 Å². The van der Waals surface area contributed by atoms with E-state index >= 15 is 0 Å². The Hall–Kier alpha value is -6.13. The second-order valence-corrected chi connectivity index (χ2v) is 11.5. The lowest BCUT2D eigenvalue weighted by Crippen LogP contribution is -1.99. The molecule has 0 amide bonds. The van der Waals surface area contributed by atoms with Crippen molar-refractivity contribution in [2.24, 2.45) is 0 Å². The highest BCUT2D eigenvalue weighted by Crippen LogP contribution is 2.46. The van der Waals surface area contributed by atoms with Crippen LogP contribution in [0.3, 0.4) is 0 Å². The van der Waals surface area contributed by atoms with Crippen molar-refractivity contribution in [1.29, 1.82) is 0 Å². The molecule has 0 aliphatic heterocycles. The summed E-state index contributed by atoms with van der Waals surface area (Å²) in [6, 6.07) is 50.6. The number of para-hydroxylation sites is 4. The SMILES string of the molecule is c1ccc(-c2nc3ccccc3n2-c2ccc(-c3cc4c5ccccc5oc4c4c3oc3ccccc34)c3ccccc23)cc1. The van der Waals surface area contributed by atoms with Crippen molar-refractivity contribution in [3.8, 4) is 28.2 Å². The summed E-state index contributed by atoms with van der Waals surface area (Å²) in [5.41, 5.74) is 9.75. The fraction of sp³-hybridized carbons (Fsp3) is 0. The van der Waals surface area contributed by atoms with E-state index in [0.29, 0.717) is 0 Å². The summed E-state index contributed by atoms with van der Waals surface area (Å²) in [6.45, 7) is 0. The van der Waals surface area contributed by atoms with E-state index in [2.05, 4.69) is 114 Å². The van der Waals surface area contributed by atoms with Gasteiger partial charge in [0.05, 0.1) is 22.1 Å². The van der Waals surface area contributed by atoms with Gasteiger partial charge in [-0.15, -0.1) is 0 Å². The van der Waals surface area contributed by atoms with Gasteiger partial charge in [-0.25, -0.2) is 4.98 Å². The molecule has 0 bridgehead atoms. The van der Waals surface area contributed by atoms with Crippen molar-refractivity contribution >= 4 is 65.7 Å². The summed E-state index contributed by atoms with van der Waals surface area (Å²) < 4.78 is 15.4. The maximum absolute atomic E-state index is 6.65. The fourth-order valence-electron chi connectivity index (χ4n) is 7.03. The topological polar surface area (TPSA) is 44.1 Å². The zero-order valence-electron chi connectivity index (χ0n) is 24.1. The Bertz CT molecular complexity index is 2760. The first-order valence-electron chi connectivity index (χ1n) is 15.1. The van der Waals surface area contributed by atoms with Crippen LogP contribution in [0.2, 0.25) is 0 Å². The van der Waals surface area contributed by atoms with Gasteiger partial charge in [-0.3, -0.25) is 4.57 Å². The molecule has 0 N–H and O–H groups in total. The summed E-state index contributed by atoms with van der Waals surface area (Å²) in [5, 5.41) is 6.52. The molecule has 3 aromatic heterocycles. The van der Waals surface area contributed by atoms with Crippen molar-refractivity contribution in [2.45, 2.75) is 0 Å². The molecule has 4 nitrogen and oxygen atoms in total. The van der Waals surface area contributed by atoms with Gasteiger partial charge in [-0.05, 0) is 47.3 Å². The van der Waals surface area contributed by atoms with E-state index < -0.39 is 0 Å². The first-order chi connectivity index (χ1) is 22.3. The Balaban J connectivity index is 1.32. The highest BCUT2D eigenvalue weighted by atomic mass is 16.3. The second-order valence-electron chi connectivity index (χ2n) is 11.5. The van der Waals surface area contributed by atoms with Crippen LogP contribution in [0.1, 0.15) is 0 Å². The standard InChI is InChI=1S/C41H24N2O2/c1-2-12-25(13-3-1)41-42-33-18-8-9-19-35(33)43(41)34-23-22-27(26-14-4-5-15-28(26)34)31-24-32-29-16-6-10-20-36(29)44-40(32)38-30-17-7-11-21-37(30)45-39(31)38/h1-24H. The van der Waals surface area contributed by atoms with E-state index in [-0.39, 0.29) is 0 Å². The molecule has 0 aliphatic carbocycles. The number of furan rings is 2. The van der Waals surface area contributed by atoms with Crippen LogP contribution in [-0.2, 0) is 0 Å². The molecule has 0 radical (unpaired) electrons.